The Labute approximate surface area is 209 Å². The summed E-state index contributed by atoms with van der Waals surface area (Å²) in [6, 6.07) is 27.0. The zero-order chi connectivity index (χ0) is 24.5. The number of carbonyl (C=O) groups excluding carboxylic acids is 1. The molecule has 0 radical (unpaired) electrons. The molecule has 0 aromatic heterocycles. The standard InChI is InChI=1S/C31H36N2O2/c1-3-33(4-2)31(34)27-15-13-25(14-16-27)30(26-17-20-32-21-18-26)28-11-8-12-29(23-28)35-22-19-24-9-6-5-7-10-24/h5-16,23,32H,3-4,17-22H2,1-2H3. The highest BCUT2D eigenvalue weighted by molar-refractivity contribution is 5.95. The molecule has 1 amide bonds. The van der Waals surface area contributed by atoms with E-state index in [1.54, 1.807) is 0 Å². The van der Waals surface area contributed by atoms with E-state index in [0.717, 1.165) is 62.3 Å². The van der Waals surface area contributed by atoms with Crippen molar-refractivity contribution in [2.45, 2.75) is 33.1 Å². The summed E-state index contributed by atoms with van der Waals surface area (Å²) in [6.07, 6.45) is 2.93. The Kier molecular flexibility index (Phi) is 8.74. The molecular formula is C31H36N2O2. The number of hydrogen-bond donors (Lipinski definition) is 1. The maximum atomic E-state index is 12.8. The van der Waals surface area contributed by atoms with Crippen molar-refractivity contribution in [3.05, 3.63) is 107 Å². The summed E-state index contributed by atoms with van der Waals surface area (Å²) in [5.41, 5.74) is 7.06. The number of rotatable bonds is 9. The van der Waals surface area contributed by atoms with Crippen molar-refractivity contribution in [2.24, 2.45) is 0 Å². The minimum Gasteiger partial charge on any atom is -0.493 e. The molecule has 4 rings (SSSR count). The van der Waals surface area contributed by atoms with Crippen molar-refractivity contribution < 1.29 is 9.53 Å². The van der Waals surface area contributed by atoms with E-state index in [1.165, 1.54) is 22.3 Å². The molecule has 3 aromatic carbocycles. The van der Waals surface area contributed by atoms with Crippen LogP contribution in [0.3, 0.4) is 0 Å². The van der Waals surface area contributed by atoms with Gasteiger partial charge < -0.3 is 15.0 Å². The third-order valence-electron chi connectivity index (χ3n) is 6.66. The highest BCUT2D eigenvalue weighted by Crippen LogP contribution is 2.33. The fourth-order valence-electron chi connectivity index (χ4n) is 4.70. The number of piperidine rings is 1. The third kappa shape index (κ3) is 6.40. The lowest BCUT2D eigenvalue weighted by molar-refractivity contribution is 0.0773. The lowest BCUT2D eigenvalue weighted by Crippen LogP contribution is -2.30. The van der Waals surface area contributed by atoms with Crippen molar-refractivity contribution in [3.63, 3.8) is 0 Å². The normalized spacial score (nSPS) is 13.4. The van der Waals surface area contributed by atoms with E-state index in [4.69, 9.17) is 4.74 Å². The van der Waals surface area contributed by atoms with Gasteiger partial charge in [-0.15, -0.1) is 0 Å². The van der Waals surface area contributed by atoms with Gasteiger partial charge in [-0.2, -0.15) is 0 Å². The number of amides is 1. The summed E-state index contributed by atoms with van der Waals surface area (Å²) in [6.45, 7) is 8.10. The van der Waals surface area contributed by atoms with Crippen molar-refractivity contribution >= 4 is 11.5 Å². The zero-order valence-electron chi connectivity index (χ0n) is 20.9. The summed E-state index contributed by atoms with van der Waals surface area (Å²) >= 11 is 0. The van der Waals surface area contributed by atoms with Crippen LogP contribution in [0.2, 0.25) is 0 Å². The smallest absolute Gasteiger partial charge is 0.253 e. The quantitative estimate of drug-likeness (QED) is 0.420. The minimum atomic E-state index is 0.0893. The van der Waals surface area contributed by atoms with Crippen LogP contribution < -0.4 is 10.1 Å². The predicted octanol–water partition coefficient (Wildman–Crippen LogP) is 5.98. The van der Waals surface area contributed by atoms with Crippen LogP contribution in [-0.4, -0.2) is 43.6 Å². The fraction of sp³-hybridized carbons (Fsp3) is 0.323. The lowest BCUT2D eigenvalue weighted by atomic mass is 9.88. The summed E-state index contributed by atoms with van der Waals surface area (Å²) in [4.78, 5) is 14.7. The van der Waals surface area contributed by atoms with Gasteiger partial charge in [0.1, 0.15) is 5.75 Å². The van der Waals surface area contributed by atoms with Gasteiger partial charge in [-0.3, -0.25) is 4.79 Å². The molecule has 35 heavy (non-hydrogen) atoms. The van der Waals surface area contributed by atoms with Gasteiger partial charge in [-0.25, -0.2) is 0 Å². The van der Waals surface area contributed by atoms with Gasteiger partial charge in [-0.1, -0.05) is 60.2 Å². The number of nitrogens with one attached hydrogen (secondary N) is 1. The van der Waals surface area contributed by atoms with E-state index in [1.807, 2.05) is 43.0 Å². The Hall–Kier alpha value is -3.37. The summed E-state index contributed by atoms with van der Waals surface area (Å²) in [5.74, 6) is 0.977. The Morgan fingerprint density at radius 3 is 2.20 bits per heavy atom. The third-order valence-corrected chi connectivity index (χ3v) is 6.66. The van der Waals surface area contributed by atoms with Gasteiger partial charge in [-0.05, 0) is 86.3 Å². The fourth-order valence-corrected chi connectivity index (χ4v) is 4.70. The molecule has 0 aliphatic carbocycles. The Morgan fingerprint density at radius 2 is 1.51 bits per heavy atom. The van der Waals surface area contributed by atoms with E-state index in [0.29, 0.717) is 6.61 Å². The van der Waals surface area contributed by atoms with Crippen LogP contribution in [0.5, 0.6) is 5.75 Å². The van der Waals surface area contributed by atoms with Gasteiger partial charge in [0.2, 0.25) is 0 Å². The molecule has 1 fully saturated rings. The number of carbonyl (C=O) groups is 1. The van der Waals surface area contributed by atoms with Crippen molar-refractivity contribution in [1.82, 2.24) is 10.2 Å². The minimum absolute atomic E-state index is 0.0893. The monoisotopic (exact) mass is 468 g/mol. The lowest BCUT2D eigenvalue weighted by Gasteiger charge is -2.22. The molecule has 4 heteroatoms. The predicted molar refractivity (Wildman–Crippen MR) is 144 cm³/mol. The Morgan fingerprint density at radius 1 is 0.829 bits per heavy atom. The molecule has 1 N–H and O–H groups in total. The van der Waals surface area contributed by atoms with E-state index >= 15 is 0 Å². The SMILES string of the molecule is CCN(CC)C(=O)c1ccc(C(=C2CCNCC2)c2cccc(OCCc3ccccc3)c2)cc1. The van der Waals surface area contributed by atoms with Crippen LogP contribution in [0.1, 0.15) is 53.7 Å². The van der Waals surface area contributed by atoms with Gasteiger partial charge in [0.15, 0.2) is 0 Å². The average molecular weight is 469 g/mol. The number of benzene rings is 3. The van der Waals surface area contributed by atoms with E-state index in [-0.39, 0.29) is 5.91 Å². The van der Waals surface area contributed by atoms with Gasteiger partial charge >= 0.3 is 0 Å². The molecule has 0 saturated carbocycles. The molecule has 1 heterocycles. The molecule has 0 spiro atoms. The molecule has 1 saturated heterocycles. The second-order valence-electron chi connectivity index (χ2n) is 8.90. The van der Waals surface area contributed by atoms with Crippen molar-refractivity contribution in [1.29, 1.82) is 0 Å². The first kappa shape index (κ1) is 24.7. The second kappa shape index (κ2) is 12.4. The van der Waals surface area contributed by atoms with Crippen LogP contribution in [0.15, 0.2) is 84.4 Å². The highest BCUT2D eigenvalue weighted by Gasteiger charge is 2.17. The molecule has 1 aliphatic heterocycles. The maximum Gasteiger partial charge on any atom is 0.253 e. The highest BCUT2D eigenvalue weighted by atomic mass is 16.5. The van der Waals surface area contributed by atoms with Crippen LogP contribution in [0.4, 0.5) is 0 Å². The molecule has 4 nitrogen and oxygen atoms in total. The van der Waals surface area contributed by atoms with Crippen LogP contribution >= 0.6 is 0 Å². The Balaban J connectivity index is 1.58. The average Bonchev–Trinajstić information content (AvgIpc) is 2.91. The maximum absolute atomic E-state index is 12.8. The summed E-state index contributed by atoms with van der Waals surface area (Å²) < 4.78 is 6.14. The van der Waals surface area contributed by atoms with Crippen molar-refractivity contribution in [2.75, 3.05) is 32.8 Å². The molecule has 1 aliphatic rings. The topological polar surface area (TPSA) is 41.6 Å². The molecule has 0 atom stereocenters. The van der Waals surface area contributed by atoms with Gasteiger partial charge in [0, 0.05) is 25.1 Å². The number of ether oxygens (including phenoxy) is 1. The van der Waals surface area contributed by atoms with E-state index < -0.39 is 0 Å². The zero-order valence-corrected chi connectivity index (χ0v) is 20.9. The first-order valence-corrected chi connectivity index (χ1v) is 12.8. The molecule has 0 unspecified atom stereocenters. The van der Waals surface area contributed by atoms with E-state index in [9.17, 15) is 4.79 Å². The summed E-state index contributed by atoms with van der Waals surface area (Å²) in [7, 11) is 0. The summed E-state index contributed by atoms with van der Waals surface area (Å²) in [5, 5.41) is 3.47. The van der Waals surface area contributed by atoms with Crippen LogP contribution in [-0.2, 0) is 6.42 Å². The van der Waals surface area contributed by atoms with Crippen LogP contribution in [0, 0.1) is 0 Å². The van der Waals surface area contributed by atoms with Crippen molar-refractivity contribution in [3.8, 4) is 5.75 Å². The molecule has 3 aromatic rings. The van der Waals surface area contributed by atoms with Gasteiger partial charge in [0.05, 0.1) is 6.61 Å². The van der Waals surface area contributed by atoms with Gasteiger partial charge in [0.25, 0.3) is 5.91 Å². The molecule has 0 bridgehead atoms. The largest absolute Gasteiger partial charge is 0.493 e. The number of hydrogen-bond acceptors (Lipinski definition) is 3. The number of nitrogens with zero attached hydrogens (tertiary/aromatic N) is 1. The first-order chi connectivity index (χ1) is 17.2. The molecule has 182 valence electrons. The van der Waals surface area contributed by atoms with Crippen LogP contribution in [0.25, 0.3) is 5.57 Å². The molecular weight excluding hydrogens is 432 g/mol. The van der Waals surface area contributed by atoms with E-state index in [2.05, 4.69) is 59.9 Å². The first-order valence-electron chi connectivity index (χ1n) is 12.8. The Bertz CT molecular complexity index is 1120. The second-order valence-corrected chi connectivity index (χ2v) is 8.90.